The molecule has 2 heterocycles. The Bertz CT molecular complexity index is 1290. The first-order valence-corrected chi connectivity index (χ1v) is 9.65. The molecule has 0 aliphatic carbocycles. The number of carbonyl (C=O) groups is 1. The Kier molecular flexibility index (Phi) is 5.66. The van der Waals surface area contributed by atoms with E-state index in [0.717, 1.165) is 5.39 Å². The molecule has 0 aliphatic heterocycles. The summed E-state index contributed by atoms with van der Waals surface area (Å²) in [4.78, 5) is 34.5. The molecule has 2 aromatic heterocycles. The van der Waals surface area contributed by atoms with Gasteiger partial charge in [-0.3, -0.25) is 14.6 Å². The van der Waals surface area contributed by atoms with Gasteiger partial charge in [-0.1, -0.05) is 6.07 Å². The van der Waals surface area contributed by atoms with Crippen molar-refractivity contribution in [1.29, 1.82) is 0 Å². The molecule has 0 spiro atoms. The van der Waals surface area contributed by atoms with Crippen LogP contribution in [0.15, 0.2) is 77.9 Å². The minimum absolute atomic E-state index is 0.0802. The van der Waals surface area contributed by atoms with Crippen LogP contribution in [0.2, 0.25) is 0 Å². The average molecular weight is 415 g/mol. The number of fused-ring (bicyclic) bond motifs is 1. The molecule has 0 saturated carbocycles. The predicted molar refractivity (Wildman–Crippen MR) is 119 cm³/mol. The number of H-pyrrole nitrogens is 1. The summed E-state index contributed by atoms with van der Waals surface area (Å²) >= 11 is 0. The standard InChI is InChI=1S/C24H21N3O4/c1-30-20-5-3-4-19(14-20)27(24(29)16-8-10-25-11-9-16)15-18-12-17-13-21(31-2)6-7-22(17)26-23(18)28/h3-14H,15H2,1-2H3,(H,26,28). The topological polar surface area (TPSA) is 84.5 Å². The number of ether oxygens (including phenoxy) is 2. The summed E-state index contributed by atoms with van der Waals surface area (Å²) < 4.78 is 10.6. The summed E-state index contributed by atoms with van der Waals surface area (Å²) in [6.45, 7) is 0.0802. The van der Waals surface area contributed by atoms with Crippen molar-refractivity contribution in [2.24, 2.45) is 0 Å². The van der Waals surface area contributed by atoms with Crippen molar-refractivity contribution in [1.82, 2.24) is 9.97 Å². The van der Waals surface area contributed by atoms with Crippen LogP contribution in [0, 0.1) is 0 Å². The van der Waals surface area contributed by atoms with Crippen LogP contribution in [-0.4, -0.2) is 30.1 Å². The Morgan fingerprint density at radius 2 is 1.71 bits per heavy atom. The second-order valence-corrected chi connectivity index (χ2v) is 6.91. The molecule has 0 fully saturated rings. The number of amides is 1. The monoisotopic (exact) mass is 415 g/mol. The SMILES string of the molecule is COc1cccc(N(Cc2cc3cc(OC)ccc3[nH]c2=O)C(=O)c2ccncc2)c1. The first-order valence-electron chi connectivity index (χ1n) is 9.65. The zero-order chi connectivity index (χ0) is 21.8. The molecular formula is C24H21N3O4. The van der Waals surface area contributed by atoms with E-state index in [1.54, 1.807) is 86.1 Å². The number of aromatic nitrogens is 2. The zero-order valence-corrected chi connectivity index (χ0v) is 17.2. The summed E-state index contributed by atoms with van der Waals surface area (Å²) in [6.07, 6.45) is 3.12. The molecule has 1 N–H and O–H groups in total. The van der Waals surface area contributed by atoms with E-state index in [9.17, 15) is 9.59 Å². The Labute approximate surface area is 178 Å². The summed E-state index contributed by atoms with van der Waals surface area (Å²) in [5.74, 6) is 1.05. The van der Waals surface area contributed by atoms with Gasteiger partial charge in [0.25, 0.3) is 11.5 Å². The van der Waals surface area contributed by atoms with Gasteiger partial charge < -0.3 is 19.4 Å². The zero-order valence-electron chi connectivity index (χ0n) is 17.2. The number of anilines is 1. The number of hydrogen-bond donors (Lipinski definition) is 1. The molecule has 4 aromatic rings. The van der Waals surface area contributed by atoms with Gasteiger partial charge in [0, 0.05) is 46.2 Å². The Balaban J connectivity index is 1.79. The highest BCUT2D eigenvalue weighted by Gasteiger charge is 2.20. The summed E-state index contributed by atoms with van der Waals surface area (Å²) in [7, 11) is 3.15. The van der Waals surface area contributed by atoms with Gasteiger partial charge in [-0.25, -0.2) is 0 Å². The predicted octanol–water partition coefficient (Wildman–Crippen LogP) is 3.79. The Morgan fingerprint density at radius 1 is 0.968 bits per heavy atom. The quantitative estimate of drug-likeness (QED) is 0.518. The summed E-state index contributed by atoms with van der Waals surface area (Å²) in [5.41, 5.74) is 1.98. The summed E-state index contributed by atoms with van der Waals surface area (Å²) in [6, 6.07) is 17.7. The van der Waals surface area contributed by atoms with Crippen molar-refractivity contribution in [2.75, 3.05) is 19.1 Å². The molecule has 7 heteroatoms. The molecular weight excluding hydrogens is 394 g/mol. The number of nitrogens with zero attached hydrogens (tertiary/aromatic N) is 2. The van der Waals surface area contributed by atoms with Gasteiger partial charge in [0.2, 0.25) is 0 Å². The van der Waals surface area contributed by atoms with E-state index in [4.69, 9.17) is 9.47 Å². The number of aromatic amines is 1. The van der Waals surface area contributed by atoms with E-state index < -0.39 is 0 Å². The molecule has 4 rings (SSSR count). The van der Waals surface area contributed by atoms with Gasteiger partial charge in [-0.2, -0.15) is 0 Å². The number of methoxy groups -OCH3 is 2. The molecule has 156 valence electrons. The highest BCUT2D eigenvalue weighted by atomic mass is 16.5. The van der Waals surface area contributed by atoms with E-state index in [2.05, 4.69) is 9.97 Å². The van der Waals surface area contributed by atoms with Gasteiger partial charge in [0.1, 0.15) is 11.5 Å². The Morgan fingerprint density at radius 3 is 2.45 bits per heavy atom. The Hall–Kier alpha value is -4.13. The van der Waals surface area contributed by atoms with E-state index in [-0.39, 0.29) is 18.0 Å². The third-order valence-corrected chi connectivity index (χ3v) is 4.99. The first-order chi connectivity index (χ1) is 15.1. The third-order valence-electron chi connectivity index (χ3n) is 4.99. The molecule has 7 nitrogen and oxygen atoms in total. The van der Waals surface area contributed by atoms with Gasteiger partial charge in [-0.05, 0) is 48.5 Å². The number of nitrogens with one attached hydrogen (secondary N) is 1. The largest absolute Gasteiger partial charge is 0.497 e. The van der Waals surface area contributed by atoms with E-state index in [0.29, 0.717) is 33.8 Å². The highest BCUT2D eigenvalue weighted by molar-refractivity contribution is 6.06. The van der Waals surface area contributed by atoms with Crippen LogP contribution in [0.5, 0.6) is 11.5 Å². The van der Waals surface area contributed by atoms with Crippen LogP contribution in [-0.2, 0) is 6.54 Å². The van der Waals surface area contributed by atoms with Gasteiger partial charge in [0.05, 0.1) is 20.8 Å². The lowest BCUT2D eigenvalue weighted by atomic mass is 10.1. The fraction of sp³-hybridized carbons (Fsp3) is 0.125. The molecule has 0 unspecified atom stereocenters. The molecule has 0 aliphatic rings. The molecule has 0 atom stereocenters. The van der Waals surface area contributed by atoms with Gasteiger partial charge in [-0.15, -0.1) is 0 Å². The molecule has 0 radical (unpaired) electrons. The maximum absolute atomic E-state index is 13.3. The van der Waals surface area contributed by atoms with Crippen molar-refractivity contribution in [2.45, 2.75) is 6.54 Å². The second kappa shape index (κ2) is 8.71. The fourth-order valence-corrected chi connectivity index (χ4v) is 3.35. The van der Waals surface area contributed by atoms with Crippen molar-refractivity contribution >= 4 is 22.5 Å². The molecule has 2 aromatic carbocycles. The number of pyridine rings is 2. The lowest BCUT2D eigenvalue weighted by molar-refractivity contribution is 0.0985. The average Bonchev–Trinajstić information content (AvgIpc) is 2.82. The normalized spacial score (nSPS) is 10.6. The minimum atomic E-state index is -0.256. The molecule has 1 amide bonds. The lowest BCUT2D eigenvalue weighted by Crippen LogP contribution is -2.33. The van der Waals surface area contributed by atoms with Crippen LogP contribution in [0.25, 0.3) is 10.9 Å². The van der Waals surface area contributed by atoms with Gasteiger partial charge >= 0.3 is 0 Å². The first kappa shape index (κ1) is 20.2. The van der Waals surface area contributed by atoms with Crippen LogP contribution in [0.3, 0.4) is 0 Å². The third kappa shape index (κ3) is 4.25. The van der Waals surface area contributed by atoms with Crippen molar-refractivity contribution in [3.8, 4) is 11.5 Å². The lowest BCUT2D eigenvalue weighted by Gasteiger charge is -2.23. The van der Waals surface area contributed by atoms with Crippen LogP contribution in [0.1, 0.15) is 15.9 Å². The van der Waals surface area contributed by atoms with Crippen molar-refractivity contribution < 1.29 is 14.3 Å². The molecule has 0 saturated heterocycles. The number of carbonyl (C=O) groups excluding carboxylic acids is 1. The van der Waals surface area contributed by atoms with Crippen LogP contribution < -0.4 is 19.9 Å². The number of rotatable bonds is 6. The second-order valence-electron chi connectivity index (χ2n) is 6.91. The number of hydrogen-bond acceptors (Lipinski definition) is 5. The smallest absolute Gasteiger partial charge is 0.258 e. The minimum Gasteiger partial charge on any atom is -0.497 e. The van der Waals surface area contributed by atoms with E-state index >= 15 is 0 Å². The van der Waals surface area contributed by atoms with Crippen molar-refractivity contribution in [3.05, 3.63) is 94.5 Å². The molecule has 31 heavy (non-hydrogen) atoms. The maximum Gasteiger partial charge on any atom is 0.258 e. The van der Waals surface area contributed by atoms with Crippen molar-refractivity contribution in [3.63, 3.8) is 0 Å². The van der Waals surface area contributed by atoms with E-state index in [1.807, 2.05) is 6.07 Å². The fourth-order valence-electron chi connectivity index (χ4n) is 3.35. The molecule has 0 bridgehead atoms. The highest BCUT2D eigenvalue weighted by Crippen LogP contribution is 2.25. The summed E-state index contributed by atoms with van der Waals surface area (Å²) in [5, 5.41) is 0.816. The van der Waals surface area contributed by atoms with Crippen LogP contribution >= 0.6 is 0 Å². The van der Waals surface area contributed by atoms with E-state index in [1.165, 1.54) is 0 Å². The van der Waals surface area contributed by atoms with Gasteiger partial charge in [0.15, 0.2) is 0 Å². The number of benzene rings is 2. The van der Waals surface area contributed by atoms with Crippen LogP contribution in [0.4, 0.5) is 5.69 Å². The maximum atomic E-state index is 13.3.